The molecule has 1 atom stereocenters. The van der Waals surface area contributed by atoms with Crippen LogP contribution in [0.15, 0.2) is 72.8 Å². The van der Waals surface area contributed by atoms with Crippen LogP contribution in [0, 0.1) is 0 Å². The molecule has 2 aliphatic heterocycles. The third-order valence-corrected chi connectivity index (χ3v) is 7.46. The van der Waals surface area contributed by atoms with Crippen molar-refractivity contribution in [3.63, 3.8) is 0 Å². The lowest BCUT2D eigenvalue weighted by molar-refractivity contribution is -0.274. The summed E-state index contributed by atoms with van der Waals surface area (Å²) >= 11 is 0. The second-order valence-electron chi connectivity index (χ2n) is 10.3. The predicted molar refractivity (Wildman–Crippen MR) is 135 cm³/mol. The summed E-state index contributed by atoms with van der Waals surface area (Å²) in [6.07, 6.45) is -10.4. The average Bonchev–Trinajstić information content (AvgIpc) is 3.39. The Kier molecular flexibility index (Phi) is 7.12. The highest BCUT2D eigenvalue weighted by atomic mass is 19.4. The highest BCUT2D eigenvalue weighted by Gasteiger charge is 2.45. The maximum atomic E-state index is 13.9. The van der Waals surface area contributed by atoms with Gasteiger partial charge in [0.25, 0.3) is 5.92 Å². The minimum absolute atomic E-state index is 0.0733. The average molecular weight is 571 g/mol. The number of para-hydroxylation sites is 1. The third kappa shape index (κ3) is 6.13. The van der Waals surface area contributed by atoms with E-state index < -0.39 is 42.6 Å². The van der Waals surface area contributed by atoms with E-state index in [1.54, 1.807) is 64.4 Å². The Hall–Kier alpha value is -3.50. The molecule has 0 bridgehead atoms. The summed E-state index contributed by atoms with van der Waals surface area (Å²) in [6.45, 7) is -0.507. The molecule has 1 saturated heterocycles. The maximum Gasteiger partial charge on any atom is 0.573 e. The Balaban J connectivity index is 1.58. The summed E-state index contributed by atoms with van der Waals surface area (Å²) in [5, 5.41) is 0. The van der Waals surface area contributed by atoms with E-state index in [0.29, 0.717) is 28.1 Å². The highest BCUT2D eigenvalue weighted by Crippen LogP contribution is 2.48. The van der Waals surface area contributed by atoms with Gasteiger partial charge in [-0.3, -0.25) is 0 Å². The van der Waals surface area contributed by atoms with Crippen molar-refractivity contribution < 1.29 is 39.9 Å². The van der Waals surface area contributed by atoms with Gasteiger partial charge in [0.05, 0.1) is 13.0 Å². The van der Waals surface area contributed by atoms with Crippen LogP contribution in [-0.2, 0) is 11.8 Å². The Morgan fingerprint density at radius 3 is 2.27 bits per heavy atom. The molecular weight excluding hydrogens is 544 g/mol. The number of nitrogens with zero attached hydrogens (tertiary/aromatic N) is 2. The molecule has 3 nitrogen and oxygen atoms in total. The molecule has 5 rings (SSSR count). The summed E-state index contributed by atoms with van der Waals surface area (Å²) in [5.74, 6) is -3.25. The molecule has 0 radical (unpaired) electrons. The predicted octanol–water partition coefficient (Wildman–Crippen LogP) is 7.73. The van der Waals surface area contributed by atoms with Crippen LogP contribution in [0.25, 0.3) is 0 Å². The smallest absolute Gasteiger partial charge is 0.406 e. The molecule has 1 fully saturated rings. The summed E-state index contributed by atoms with van der Waals surface area (Å²) in [5.41, 5.74) is 1.92. The molecule has 0 amide bonds. The number of ether oxygens (including phenoxy) is 1. The van der Waals surface area contributed by atoms with Gasteiger partial charge in [0, 0.05) is 42.8 Å². The van der Waals surface area contributed by atoms with Crippen LogP contribution in [0.1, 0.15) is 29.5 Å². The minimum atomic E-state index is -4.93. The number of alkyl halides is 8. The van der Waals surface area contributed by atoms with Crippen molar-refractivity contribution >= 4 is 11.4 Å². The van der Waals surface area contributed by atoms with Gasteiger partial charge in [-0.1, -0.05) is 42.5 Å². The molecule has 11 heteroatoms. The van der Waals surface area contributed by atoms with Gasteiger partial charge in [0.2, 0.25) is 0 Å². The molecular formula is C29H26F8N2O. The second-order valence-corrected chi connectivity index (χ2v) is 10.3. The van der Waals surface area contributed by atoms with Crippen LogP contribution in [-0.4, -0.2) is 44.6 Å². The van der Waals surface area contributed by atoms with Gasteiger partial charge < -0.3 is 14.5 Å². The zero-order chi connectivity index (χ0) is 28.8. The first kappa shape index (κ1) is 28.0. The lowest BCUT2D eigenvalue weighted by Crippen LogP contribution is -2.38. The molecule has 40 heavy (non-hydrogen) atoms. The zero-order valence-electron chi connectivity index (χ0n) is 21.2. The molecule has 0 aliphatic carbocycles. The number of benzene rings is 3. The van der Waals surface area contributed by atoms with Gasteiger partial charge in [0.15, 0.2) is 0 Å². The maximum absolute atomic E-state index is 13.9. The highest BCUT2D eigenvalue weighted by molar-refractivity contribution is 5.67. The fourth-order valence-electron chi connectivity index (χ4n) is 5.77. The third-order valence-electron chi connectivity index (χ3n) is 7.46. The van der Waals surface area contributed by atoms with E-state index in [4.69, 9.17) is 0 Å². The molecule has 3 aromatic rings. The van der Waals surface area contributed by atoms with Crippen LogP contribution >= 0.6 is 0 Å². The molecule has 0 spiro atoms. The molecule has 0 N–H and O–H groups in total. The molecule has 0 saturated carbocycles. The lowest BCUT2D eigenvalue weighted by atomic mass is 9.71. The number of anilines is 2. The standard InChI is InChI=1S/C29H26F8N2O/c30-27(31)11-13-38(19-27)22-7-3-5-20(15-22)17-26(21-6-4-8-23(16-21)40-29(35,36)37)18-39(14-12-28(32,33)34)25-10-2-1-9-24(25)26/h1-10,15-16H,11-14,17-19H2. The van der Waals surface area contributed by atoms with Crippen molar-refractivity contribution in [2.75, 3.05) is 36.0 Å². The lowest BCUT2D eigenvalue weighted by Gasteiger charge is -2.33. The number of halogens is 8. The van der Waals surface area contributed by atoms with Crippen LogP contribution < -0.4 is 14.5 Å². The molecule has 214 valence electrons. The van der Waals surface area contributed by atoms with Crippen LogP contribution in [0.2, 0.25) is 0 Å². The SMILES string of the molecule is FC(F)(F)CCN1CC(Cc2cccc(N3CCC(F)(F)C3)c2)(c2cccc(OC(F)(F)F)c2)c2ccccc21. The summed E-state index contributed by atoms with van der Waals surface area (Å²) in [7, 11) is 0. The molecule has 2 aliphatic rings. The number of hydrogen-bond acceptors (Lipinski definition) is 3. The number of rotatable bonds is 7. The fourth-order valence-corrected chi connectivity index (χ4v) is 5.77. The van der Waals surface area contributed by atoms with Crippen LogP contribution in [0.5, 0.6) is 5.75 Å². The molecule has 0 aromatic heterocycles. The Labute approximate surface area is 226 Å². The first-order valence-electron chi connectivity index (χ1n) is 12.7. The van der Waals surface area contributed by atoms with Crippen LogP contribution in [0.4, 0.5) is 46.5 Å². The van der Waals surface area contributed by atoms with Gasteiger partial charge in [-0.25, -0.2) is 8.78 Å². The normalized spacial score (nSPS) is 20.6. The van der Waals surface area contributed by atoms with Crippen molar-refractivity contribution in [1.29, 1.82) is 0 Å². The fraction of sp³-hybridized carbons (Fsp3) is 0.379. The van der Waals surface area contributed by atoms with E-state index in [0.717, 1.165) is 0 Å². The van der Waals surface area contributed by atoms with E-state index in [9.17, 15) is 35.1 Å². The van der Waals surface area contributed by atoms with Crippen LogP contribution in [0.3, 0.4) is 0 Å². The topological polar surface area (TPSA) is 15.7 Å². The van der Waals surface area contributed by atoms with Crippen molar-refractivity contribution in [1.82, 2.24) is 0 Å². The Bertz CT molecular complexity index is 1360. The van der Waals surface area contributed by atoms with E-state index >= 15 is 0 Å². The van der Waals surface area contributed by atoms with Crippen molar-refractivity contribution in [3.05, 3.63) is 89.5 Å². The van der Waals surface area contributed by atoms with Gasteiger partial charge in [-0.15, -0.1) is 13.2 Å². The molecule has 3 aromatic carbocycles. The second kappa shape index (κ2) is 10.2. The van der Waals surface area contributed by atoms with Crippen molar-refractivity contribution in [2.24, 2.45) is 0 Å². The van der Waals surface area contributed by atoms with E-state index in [1.165, 1.54) is 18.2 Å². The summed E-state index contributed by atoms with van der Waals surface area (Å²) in [6, 6.07) is 19.4. The van der Waals surface area contributed by atoms with E-state index in [-0.39, 0.29) is 32.5 Å². The first-order chi connectivity index (χ1) is 18.7. The largest absolute Gasteiger partial charge is 0.573 e. The summed E-state index contributed by atoms with van der Waals surface area (Å²) in [4.78, 5) is 3.18. The van der Waals surface area contributed by atoms with Crippen molar-refractivity contribution in [2.45, 2.75) is 43.1 Å². The molecule has 1 unspecified atom stereocenters. The Morgan fingerprint density at radius 1 is 0.825 bits per heavy atom. The first-order valence-corrected chi connectivity index (χ1v) is 12.7. The van der Waals surface area contributed by atoms with Gasteiger partial charge in [-0.2, -0.15) is 13.2 Å². The Morgan fingerprint density at radius 2 is 1.57 bits per heavy atom. The van der Waals surface area contributed by atoms with Gasteiger partial charge in [0.1, 0.15) is 5.75 Å². The van der Waals surface area contributed by atoms with E-state index in [2.05, 4.69) is 4.74 Å². The molecule has 2 heterocycles. The van der Waals surface area contributed by atoms with Gasteiger partial charge in [-0.05, 0) is 53.4 Å². The van der Waals surface area contributed by atoms with Gasteiger partial charge >= 0.3 is 12.5 Å². The number of hydrogen-bond donors (Lipinski definition) is 0. The summed E-state index contributed by atoms with van der Waals surface area (Å²) < 4.78 is 111. The van der Waals surface area contributed by atoms with Crippen molar-refractivity contribution in [3.8, 4) is 5.75 Å². The minimum Gasteiger partial charge on any atom is -0.406 e. The quantitative estimate of drug-likeness (QED) is 0.271. The monoisotopic (exact) mass is 570 g/mol. The number of fused-ring (bicyclic) bond motifs is 1. The van der Waals surface area contributed by atoms with E-state index in [1.807, 2.05) is 0 Å². The zero-order valence-corrected chi connectivity index (χ0v) is 21.2.